The first-order chi connectivity index (χ1) is 7.12. The van der Waals surface area contributed by atoms with Crippen LogP contribution in [0.1, 0.15) is 62.3 Å². The van der Waals surface area contributed by atoms with Gasteiger partial charge < -0.3 is 0 Å². The van der Waals surface area contributed by atoms with Crippen molar-refractivity contribution >= 4 is 18.3 Å². The van der Waals surface area contributed by atoms with Gasteiger partial charge in [0, 0.05) is 16.6 Å². The van der Waals surface area contributed by atoms with Crippen molar-refractivity contribution in [2.24, 2.45) is 0 Å². The molecule has 0 atom stereocenters. The highest BCUT2D eigenvalue weighted by Gasteiger charge is 2.30. The minimum atomic E-state index is -2.00. The zero-order chi connectivity index (χ0) is 14.1. The van der Waals surface area contributed by atoms with E-state index >= 15 is 0 Å². The summed E-state index contributed by atoms with van der Waals surface area (Å²) in [6.07, 6.45) is 0. The smallest absolute Gasteiger partial charge is 0.139 e. The first kappa shape index (κ1) is 17.5. The second-order valence-electron chi connectivity index (χ2n) is 7.69. The third-order valence-electron chi connectivity index (χ3n) is 1.48. The molecule has 3 N–H and O–H groups in total. The lowest BCUT2D eigenvalue weighted by molar-refractivity contribution is 0.462. The van der Waals surface area contributed by atoms with E-state index in [4.69, 9.17) is 11.8 Å². The molecule has 104 valence electrons. The van der Waals surface area contributed by atoms with E-state index in [1.54, 1.807) is 0 Å². The van der Waals surface area contributed by atoms with Gasteiger partial charge in [0.25, 0.3) is 0 Å². The molecule has 0 aromatic carbocycles. The third-order valence-corrected chi connectivity index (χ3v) is 5.26. The summed E-state index contributed by atoms with van der Waals surface area (Å²) in [5, 5.41) is 10.6. The molecule has 0 unspecified atom stereocenters. The van der Waals surface area contributed by atoms with Gasteiger partial charge in [-0.25, -0.2) is 0 Å². The van der Waals surface area contributed by atoms with Crippen molar-refractivity contribution in [3.63, 3.8) is 0 Å². The Labute approximate surface area is 113 Å². The summed E-state index contributed by atoms with van der Waals surface area (Å²) >= 11 is 5.82. The molecule has 0 rings (SSSR count). The predicted molar refractivity (Wildman–Crippen MR) is 83.0 cm³/mol. The highest BCUT2D eigenvalue weighted by Crippen LogP contribution is 2.39. The minimum Gasteiger partial charge on any atom is -0.261 e. The van der Waals surface area contributed by atoms with Crippen molar-refractivity contribution in [1.29, 1.82) is 0 Å². The summed E-state index contributed by atoms with van der Waals surface area (Å²) in [7, 11) is 0. The molecule has 17 heavy (non-hydrogen) atoms. The summed E-state index contributed by atoms with van der Waals surface area (Å²) in [5.41, 5.74) is -0.0237. The number of hydrogen-bond acceptors (Lipinski definition) is 1. The Morgan fingerprint density at radius 2 is 0.765 bits per heavy atom. The lowest BCUT2D eigenvalue weighted by Crippen LogP contribution is -2.51. The van der Waals surface area contributed by atoms with E-state index in [9.17, 15) is 0 Å². The fourth-order valence-electron chi connectivity index (χ4n) is 1.50. The molecule has 0 radical (unpaired) electrons. The topological polar surface area (TPSA) is 36.1 Å². The van der Waals surface area contributed by atoms with E-state index in [2.05, 4.69) is 77.6 Å². The summed E-state index contributed by atoms with van der Waals surface area (Å²) in [6, 6.07) is 0. The average molecular weight is 279 g/mol. The van der Waals surface area contributed by atoms with E-state index in [1.807, 2.05) is 0 Å². The molecule has 0 aliphatic rings. The van der Waals surface area contributed by atoms with E-state index < -0.39 is 6.49 Å². The van der Waals surface area contributed by atoms with Crippen LogP contribution in [0.5, 0.6) is 0 Å². The Morgan fingerprint density at radius 3 is 0.882 bits per heavy atom. The Bertz CT molecular complexity index is 247. The third kappa shape index (κ3) is 10.2. The second kappa shape index (κ2) is 5.26. The Morgan fingerprint density at radius 1 is 0.588 bits per heavy atom. The second-order valence-corrected chi connectivity index (χ2v) is 11.2. The molecule has 0 aromatic rings. The van der Waals surface area contributed by atoms with Gasteiger partial charge in [-0.1, -0.05) is 0 Å². The first-order valence-corrected chi connectivity index (χ1v) is 8.91. The predicted octanol–water partition coefficient (Wildman–Crippen LogP) is 3.38. The fourth-order valence-corrected chi connectivity index (χ4v) is 6.97. The number of hydrogen-bond donors (Lipinski definition) is 3. The highest BCUT2D eigenvalue weighted by molar-refractivity contribution is 8.11. The summed E-state index contributed by atoms with van der Waals surface area (Å²) in [6.45, 7) is 17.3. The average Bonchev–Trinajstić information content (AvgIpc) is 1.65. The molecule has 0 bridgehead atoms. The lowest BCUT2D eigenvalue weighted by Gasteiger charge is -2.41. The normalized spacial score (nSPS) is 15.1. The van der Waals surface area contributed by atoms with Crippen LogP contribution in [0.25, 0.3) is 0 Å². The van der Waals surface area contributed by atoms with Crippen molar-refractivity contribution in [2.75, 3.05) is 0 Å². The standard InChI is InChI=1S/C12H30N3PS/c1-10(2,3)13-16(17,14-11(4,5)6)15-12(7,8)9/h1-9H3,(H3,13,14,15,17). The van der Waals surface area contributed by atoms with Crippen LogP contribution in [0.4, 0.5) is 0 Å². The van der Waals surface area contributed by atoms with Crippen molar-refractivity contribution in [3.8, 4) is 0 Å². The largest absolute Gasteiger partial charge is 0.261 e. The van der Waals surface area contributed by atoms with Gasteiger partial charge in [0.2, 0.25) is 0 Å². The summed E-state index contributed by atoms with van der Waals surface area (Å²) in [5.74, 6) is 0. The zero-order valence-electron chi connectivity index (χ0n) is 12.9. The van der Waals surface area contributed by atoms with Gasteiger partial charge in [0.15, 0.2) is 0 Å². The van der Waals surface area contributed by atoms with Gasteiger partial charge in [0.1, 0.15) is 6.49 Å². The summed E-state index contributed by atoms with van der Waals surface area (Å²) in [4.78, 5) is 0. The van der Waals surface area contributed by atoms with Gasteiger partial charge in [-0.15, -0.1) is 0 Å². The van der Waals surface area contributed by atoms with Crippen molar-refractivity contribution in [2.45, 2.75) is 78.9 Å². The molecule has 0 amide bonds. The van der Waals surface area contributed by atoms with Crippen LogP contribution >= 0.6 is 6.49 Å². The van der Waals surface area contributed by atoms with Crippen LogP contribution in [0.2, 0.25) is 0 Å². The zero-order valence-corrected chi connectivity index (χ0v) is 14.6. The Hall–Kier alpha value is 0.530. The molecule has 5 heteroatoms. The van der Waals surface area contributed by atoms with Crippen LogP contribution in [0.3, 0.4) is 0 Å². The molecule has 0 heterocycles. The molecular weight excluding hydrogens is 249 g/mol. The maximum absolute atomic E-state index is 5.82. The van der Waals surface area contributed by atoms with Gasteiger partial charge in [0.05, 0.1) is 0 Å². The van der Waals surface area contributed by atoms with Crippen LogP contribution in [-0.4, -0.2) is 16.6 Å². The molecule has 0 spiro atoms. The molecule has 0 aliphatic carbocycles. The Balaban J connectivity index is 5.03. The van der Waals surface area contributed by atoms with Crippen LogP contribution in [0, 0.1) is 0 Å². The van der Waals surface area contributed by atoms with Gasteiger partial charge in [-0.3, -0.25) is 15.3 Å². The minimum absolute atomic E-state index is 0.00791. The maximum atomic E-state index is 5.82. The number of rotatable bonds is 3. The van der Waals surface area contributed by atoms with Crippen molar-refractivity contribution < 1.29 is 0 Å². The van der Waals surface area contributed by atoms with Crippen LogP contribution in [0.15, 0.2) is 0 Å². The van der Waals surface area contributed by atoms with Gasteiger partial charge in [-0.05, 0) is 74.1 Å². The van der Waals surface area contributed by atoms with E-state index in [1.165, 1.54) is 0 Å². The lowest BCUT2D eigenvalue weighted by atomic mass is 10.1. The van der Waals surface area contributed by atoms with Crippen molar-refractivity contribution in [1.82, 2.24) is 15.3 Å². The monoisotopic (exact) mass is 279 g/mol. The molecule has 0 saturated heterocycles. The molecule has 0 fully saturated rings. The molecule has 0 aliphatic heterocycles. The van der Waals surface area contributed by atoms with Crippen molar-refractivity contribution in [3.05, 3.63) is 0 Å². The number of nitrogens with one attached hydrogen (secondary N) is 3. The fraction of sp³-hybridized carbons (Fsp3) is 1.00. The quantitative estimate of drug-likeness (QED) is 0.692. The van der Waals surface area contributed by atoms with Gasteiger partial charge >= 0.3 is 0 Å². The molecular formula is C12H30N3PS. The molecule has 3 nitrogen and oxygen atoms in total. The van der Waals surface area contributed by atoms with E-state index in [-0.39, 0.29) is 16.6 Å². The molecule has 0 saturated carbocycles. The SMILES string of the molecule is CC(C)(C)NP(=S)(NC(C)(C)C)NC(C)(C)C. The highest BCUT2D eigenvalue weighted by atomic mass is 32.4. The summed E-state index contributed by atoms with van der Waals surface area (Å²) < 4.78 is 0. The van der Waals surface area contributed by atoms with Gasteiger partial charge in [-0.2, -0.15) is 0 Å². The van der Waals surface area contributed by atoms with Crippen LogP contribution in [-0.2, 0) is 11.8 Å². The van der Waals surface area contributed by atoms with Crippen LogP contribution < -0.4 is 15.3 Å². The maximum Gasteiger partial charge on any atom is 0.139 e. The molecule has 0 aromatic heterocycles. The first-order valence-electron chi connectivity index (χ1n) is 6.10. The van der Waals surface area contributed by atoms with E-state index in [0.29, 0.717) is 0 Å². The van der Waals surface area contributed by atoms with E-state index in [0.717, 1.165) is 0 Å². The Kier molecular flexibility index (Phi) is 5.42.